The van der Waals surface area contributed by atoms with E-state index in [0.717, 1.165) is 35.8 Å². The molecule has 0 radical (unpaired) electrons. The van der Waals surface area contributed by atoms with E-state index in [0.29, 0.717) is 5.92 Å². The van der Waals surface area contributed by atoms with Crippen LogP contribution in [0.25, 0.3) is 0 Å². The van der Waals surface area contributed by atoms with Crippen molar-refractivity contribution in [2.75, 3.05) is 0 Å². The Morgan fingerprint density at radius 1 is 1.29 bits per heavy atom. The van der Waals surface area contributed by atoms with Crippen molar-refractivity contribution in [1.29, 1.82) is 0 Å². The van der Waals surface area contributed by atoms with E-state index in [1.54, 1.807) is 17.5 Å². The van der Waals surface area contributed by atoms with Crippen molar-refractivity contribution in [2.24, 2.45) is 0 Å². The number of aryl methyl sites for hydroxylation is 3. The lowest BCUT2D eigenvalue weighted by Gasteiger charge is -2.19. The number of hydrogen-bond acceptors (Lipinski definition) is 5. The fourth-order valence-electron chi connectivity index (χ4n) is 2.34. The Balaban J connectivity index is 2.05. The van der Waals surface area contributed by atoms with E-state index in [1.807, 2.05) is 6.92 Å². The second kappa shape index (κ2) is 4.14. The molecule has 0 saturated heterocycles. The van der Waals surface area contributed by atoms with Gasteiger partial charge in [-0.05, 0) is 33.1 Å². The molecule has 0 saturated carbocycles. The molecule has 1 aliphatic carbocycles. The molecule has 0 aliphatic heterocycles. The average molecular weight is 246 g/mol. The van der Waals surface area contributed by atoms with Gasteiger partial charge in [-0.3, -0.25) is 0 Å². The van der Waals surface area contributed by atoms with Gasteiger partial charge in [-0.15, -0.1) is 16.4 Å². The predicted octanol–water partition coefficient (Wildman–Crippen LogP) is 2.41. The van der Waals surface area contributed by atoms with Gasteiger partial charge in [0.25, 0.3) is 0 Å². The highest BCUT2D eigenvalue weighted by Crippen LogP contribution is 2.38. The first kappa shape index (κ1) is 10.8. The highest BCUT2D eigenvalue weighted by Gasteiger charge is 2.27. The second-order valence-electron chi connectivity index (χ2n) is 4.44. The summed E-state index contributed by atoms with van der Waals surface area (Å²) in [7, 11) is 0. The summed E-state index contributed by atoms with van der Waals surface area (Å²) >= 11 is 1.78. The molecule has 2 aromatic heterocycles. The van der Waals surface area contributed by atoms with Crippen LogP contribution in [0.2, 0.25) is 0 Å². The fourth-order valence-corrected chi connectivity index (χ4v) is 3.44. The average Bonchev–Trinajstić information content (AvgIpc) is 2.68. The normalized spacial score (nSPS) is 19.1. The molecule has 0 aromatic carbocycles. The summed E-state index contributed by atoms with van der Waals surface area (Å²) in [5, 5.41) is 9.34. The van der Waals surface area contributed by atoms with Crippen LogP contribution in [-0.4, -0.2) is 20.2 Å². The molecule has 4 nitrogen and oxygen atoms in total. The molecule has 2 heterocycles. The summed E-state index contributed by atoms with van der Waals surface area (Å²) in [4.78, 5) is 10.5. The van der Waals surface area contributed by atoms with Crippen molar-refractivity contribution in [3.63, 3.8) is 0 Å². The van der Waals surface area contributed by atoms with E-state index in [2.05, 4.69) is 27.1 Å². The van der Waals surface area contributed by atoms with Crippen molar-refractivity contribution in [3.05, 3.63) is 33.3 Å². The van der Waals surface area contributed by atoms with Gasteiger partial charge in [0.05, 0.1) is 28.5 Å². The third-order valence-corrected chi connectivity index (χ3v) is 4.19. The van der Waals surface area contributed by atoms with Crippen molar-refractivity contribution in [1.82, 2.24) is 20.2 Å². The zero-order chi connectivity index (χ0) is 11.8. The van der Waals surface area contributed by atoms with Crippen LogP contribution in [0.15, 0.2) is 6.20 Å². The summed E-state index contributed by atoms with van der Waals surface area (Å²) < 4.78 is 0. The molecular formula is C12H14N4S. The first-order chi connectivity index (χ1) is 8.24. The smallest absolute Gasteiger partial charge is 0.159 e. The van der Waals surface area contributed by atoms with Gasteiger partial charge in [-0.25, -0.2) is 9.97 Å². The Morgan fingerprint density at radius 2 is 2.18 bits per heavy atom. The quantitative estimate of drug-likeness (QED) is 0.775. The minimum atomic E-state index is 0.303. The van der Waals surface area contributed by atoms with E-state index < -0.39 is 0 Å². The van der Waals surface area contributed by atoms with Crippen molar-refractivity contribution >= 4 is 11.3 Å². The minimum absolute atomic E-state index is 0.303. The summed E-state index contributed by atoms with van der Waals surface area (Å²) in [6, 6.07) is 0. The Morgan fingerprint density at radius 3 is 3.00 bits per heavy atom. The highest BCUT2D eigenvalue weighted by molar-refractivity contribution is 7.11. The van der Waals surface area contributed by atoms with E-state index in [4.69, 9.17) is 0 Å². The lowest BCUT2D eigenvalue weighted by atomic mass is 9.91. The zero-order valence-electron chi connectivity index (χ0n) is 9.97. The lowest BCUT2D eigenvalue weighted by molar-refractivity contribution is 0.581. The first-order valence-corrected chi connectivity index (χ1v) is 6.68. The Bertz CT molecular complexity index is 549. The maximum atomic E-state index is 4.59. The lowest BCUT2D eigenvalue weighted by Crippen LogP contribution is -2.13. The third kappa shape index (κ3) is 1.95. The molecule has 3 rings (SSSR count). The summed E-state index contributed by atoms with van der Waals surface area (Å²) in [6.07, 6.45) is 5.07. The summed E-state index contributed by atoms with van der Waals surface area (Å²) in [5.41, 5.74) is 2.18. The number of rotatable bonds is 1. The van der Waals surface area contributed by atoms with Crippen LogP contribution in [0.5, 0.6) is 0 Å². The van der Waals surface area contributed by atoms with Crippen molar-refractivity contribution in [3.8, 4) is 0 Å². The fraction of sp³-hybridized carbons (Fsp3) is 0.500. The molecule has 88 valence electrons. The Hall–Kier alpha value is -1.36. The topological polar surface area (TPSA) is 51.6 Å². The van der Waals surface area contributed by atoms with Crippen LogP contribution in [-0.2, 0) is 6.42 Å². The molecule has 0 N–H and O–H groups in total. The van der Waals surface area contributed by atoms with Gasteiger partial charge in [0.15, 0.2) is 5.82 Å². The third-order valence-electron chi connectivity index (χ3n) is 3.06. The van der Waals surface area contributed by atoms with Crippen molar-refractivity contribution in [2.45, 2.75) is 39.0 Å². The van der Waals surface area contributed by atoms with Crippen LogP contribution in [0.1, 0.15) is 45.9 Å². The van der Waals surface area contributed by atoms with Crippen LogP contribution in [0, 0.1) is 13.8 Å². The molecule has 1 unspecified atom stereocenters. The molecule has 1 aliphatic rings. The minimum Gasteiger partial charge on any atom is -0.246 e. The van der Waals surface area contributed by atoms with Crippen LogP contribution < -0.4 is 0 Å². The van der Waals surface area contributed by atoms with Crippen LogP contribution in [0.4, 0.5) is 0 Å². The van der Waals surface area contributed by atoms with E-state index in [1.165, 1.54) is 10.6 Å². The number of thiazole rings is 1. The predicted molar refractivity (Wildman–Crippen MR) is 66.2 cm³/mol. The molecule has 5 heteroatoms. The largest absolute Gasteiger partial charge is 0.246 e. The Kier molecular flexibility index (Phi) is 2.63. The summed E-state index contributed by atoms with van der Waals surface area (Å²) in [5.74, 6) is 1.16. The van der Waals surface area contributed by atoms with Gasteiger partial charge >= 0.3 is 0 Å². The second-order valence-corrected chi connectivity index (χ2v) is 5.68. The van der Waals surface area contributed by atoms with E-state index in [-0.39, 0.29) is 0 Å². The van der Waals surface area contributed by atoms with Gasteiger partial charge in [0.1, 0.15) is 0 Å². The number of fused-ring (bicyclic) bond motifs is 1. The van der Waals surface area contributed by atoms with Gasteiger partial charge < -0.3 is 0 Å². The summed E-state index contributed by atoms with van der Waals surface area (Å²) in [6.45, 7) is 4.02. The molecule has 2 aromatic rings. The van der Waals surface area contributed by atoms with E-state index in [9.17, 15) is 0 Å². The van der Waals surface area contributed by atoms with Gasteiger partial charge in [-0.2, -0.15) is 5.10 Å². The highest BCUT2D eigenvalue weighted by atomic mass is 32.1. The van der Waals surface area contributed by atoms with Gasteiger partial charge in [0.2, 0.25) is 0 Å². The molecule has 0 fully saturated rings. The molecular weight excluding hydrogens is 232 g/mol. The molecule has 0 bridgehead atoms. The van der Waals surface area contributed by atoms with Crippen LogP contribution >= 0.6 is 11.3 Å². The SMILES string of the molecule is Cc1cnnc(C2CCCc3nc(C)sc32)n1. The molecule has 17 heavy (non-hydrogen) atoms. The van der Waals surface area contributed by atoms with E-state index >= 15 is 0 Å². The molecule has 0 amide bonds. The maximum Gasteiger partial charge on any atom is 0.159 e. The zero-order valence-corrected chi connectivity index (χ0v) is 10.8. The standard InChI is InChI=1S/C12H14N4S/c1-7-6-13-16-12(14-7)9-4-3-5-10-11(9)17-8(2)15-10/h6,9H,3-5H2,1-2H3. The number of aromatic nitrogens is 4. The van der Waals surface area contributed by atoms with Gasteiger partial charge in [0, 0.05) is 4.88 Å². The number of hydrogen-bond donors (Lipinski definition) is 0. The van der Waals surface area contributed by atoms with Crippen LogP contribution in [0.3, 0.4) is 0 Å². The van der Waals surface area contributed by atoms with Gasteiger partial charge in [-0.1, -0.05) is 0 Å². The molecule has 1 atom stereocenters. The molecule has 0 spiro atoms. The Labute approximate surface area is 104 Å². The van der Waals surface area contributed by atoms with Crippen molar-refractivity contribution < 1.29 is 0 Å². The number of nitrogens with zero attached hydrogens (tertiary/aromatic N) is 4. The monoisotopic (exact) mass is 246 g/mol. The maximum absolute atomic E-state index is 4.59. The first-order valence-electron chi connectivity index (χ1n) is 5.86.